The zero-order chi connectivity index (χ0) is 14.3. The molecule has 0 amide bonds. The lowest BCUT2D eigenvalue weighted by Crippen LogP contribution is -2.54. The Morgan fingerprint density at radius 3 is 1.89 bits per heavy atom. The summed E-state index contributed by atoms with van der Waals surface area (Å²) in [6.07, 6.45) is -1.91. The van der Waals surface area contributed by atoms with Crippen LogP contribution in [-0.2, 0) is 0 Å². The van der Waals surface area contributed by atoms with Crippen LogP contribution in [0.5, 0.6) is 0 Å². The van der Waals surface area contributed by atoms with Crippen molar-refractivity contribution in [1.82, 2.24) is 4.90 Å². The standard InChI is InChI=1S/C14H23F4N/c1-11(2)13(14(16,17)18)6-8-19(9-7-13)10-12(15)4-3-5-12/h11H,3-10H2,1-2H3. The van der Waals surface area contributed by atoms with Crippen molar-refractivity contribution >= 4 is 0 Å². The van der Waals surface area contributed by atoms with Crippen molar-refractivity contribution in [3.63, 3.8) is 0 Å². The van der Waals surface area contributed by atoms with Gasteiger partial charge in [-0.1, -0.05) is 13.8 Å². The van der Waals surface area contributed by atoms with E-state index in [0.29, 0.717) is 32.5 Å². The van der Waals surface area contributed by atoms with Gasteiger partial charge in [0.25, 0.3) is 0 Å². The molecule has 0 atom stereocenters. The van der Waals surface area contributed by atoms with Gasteiger partial charge in [-0.15, -0.1) is 0 Å². The fourth-order valence-corrected chi connectivity index (χ4v) is 3.42. The molecule has 0 bridgehead atoms. The summed E-state index contributed by atoms with van der Waals surface area (Å²) in [6.45, 7) is 4.34. The molecule has 2 aliphatic rings. The third-order valence-corrected chi connectivity index (χ3v) is 5.17. The summed E-state index contributed by atoms with van der Waals surface area (Å²) in [5.74, 6) is -0.419. The topological polar surface area (TPSA) is 3.24 Å². The molecule has 1 aliphatic heterocycles. The highest BCUT2D eigenvalue weighted by molar-refractivity contribution is 4.97. The van der Waals surface area contributed by atoms with E-state index < -0.39 is 23.2 Å². The molecule has 0 radical (unpaired) electrons. The second kappa shape index (κ2) is 4.90. The highest BCUT2D eigenvalue weighted by Gasteiger charge is 2.57. The summed E-state index contributed by atoms with van der Waals surface area (Å²) in [4.78, 5) is 1.88. The van der Waals surface area contributed by atoms with Crippen molar-refractivity contribution in [3.8, 4) is 0 Å². The summed E-state index contributed by atoms with van der Waals surface area (Å²) in [5, 5.41) is 0. The number of piperidine rings is 1. The fraction of sp³-hybridized carbons (Fsp3) is 1.00. The van der Waals surface area contributed by atoms with Gasteiger partial charge in [0, 0.05) is 6.54 Å². The summed E-state index contributed by atoms with van der Waals surface area (Å²) in [5.41, 5.74) is -2.71. The van der Waals surface area contributed by atoms with Gasteiger partial charge in [0.15, 0.2) is 0 Å². The second-order valence-corrected chi connectivity index (χ2v) is 6.59. The van der Waals surface area contributed by atoms with Crippen LogP contribution in [0.15, 0.2) is 0 Å². The first-order chi connectivity index (χ1) is 8.69. The van der Waals surface area contributed by atoms with Crippen molar-refractivity contribution in [2.24, 2.45) is 11.3 Å². The van der Waals surface area contributed by atoms with E-state index in [1.54, 1.807) is 13.8 Å². The molecular weight excluding hydrogens is 258 g/mol. The first-order valence-corrected chi connectivity index (χ1v) is 7.17. The highest BCUT2D eigenvalue weighted by atomic mass is 19.4. The van der Waals surface area contributed by atoms with Gasteiger partial charge in [-0.2, -0.15) is 13.2 Å². The Morgan fingerprint density at radius 2 is 1.58 bits per heavy atom. The van der Waals surface area contributed by atoms with Gasteiger partial charge >= 0.3 is 6.18 Å². The van der Waals surface area contributed by atoms with Crippen molar-refractivity contribution in [2.75, 3.05) is 19.6 Å². The van der Waals surface area contributed by atoms with Gasteiger partial charge in [-0.25, -0.2) is 4.39 Å². The number of rotatable bonds is 3. The lowest BCUT2D eigenvalue weighted by molar-refractivity contribution is -0.254. The van der Waals surface area contributed by atoms with Crippen LogP contribution in [-0.4, -0.2) is 36.4 Å². The molecule has 5 heteroatoms. The molecular formula is C14H23F4N. The number of halogens is 4. The maximum Gasteiger partial charge on any atom is 0.394 e. The minimum atomic E-state index is -4.16. The summed E-state index contributed by atoms with van der Waals surface area (Å²) in [7, 11) is 0. The third-order valence-electron chi connectivity index (χ3n) is 5.17. The average Bonchev–Trinajstić information content (AvgIpc) is 2.26. The zero-order valence-electron chi connectivity index (χ0n) is 11.7. The molecule has 0 aromatic carbocycles. The second-order valence-electron chi connectivity index (χ2n) is 6.59. The number of hydrogen-bond acceptors (Lipinski definition) is 1. The molecule has 2 rings (SSSR count). The Kier molecular flexibility index (Phi) is 3.89. The van der Waals surface area contributed by atoms with Gasteiger partial charge in [0.2, 0.25) is 0 Å². The zero-order valence-corrected chi connectivity index (χ0v) is 11.7. The maximum absolute atomic E-state index is 14.0. The van der Waals surface area contributed by atoms with Gasteiger partial charge in [-0.05, 0) is 51.1 Å². The van der Waals surface area contributed by atoms with Crippen LogP contribution >= 0.6 is 0 Å². The van der Waals surface area contributed by atoms with Crippen LogP contribution < -0.4 is 0 Å². The Bertz CT molecular complexity index is 312. The van der Waals surface area contributed by atoms with Crippen LogP contribution in [0.2, 0.25) is 0 Å². The van der Waals surface area contributed by atoms with E-state index in [4.69, 9.17) is 0 Å². The van der Waals surface area contributed by atoms with Gasteiger partial charge in [0.1, 0.15) is 5.67 Å². The monoisotopic (exact) mass is 281 g/mol. The minimum Gasteiger partial charge on any atom is -0.300 e. The molecule has 2 fully saturated rings. The normalized spacial score (nSPS) is 27.3. The summed E-state index contributed by atoms with van der Waals surface area (Å²) in [6, 6.07) is 0. The van der Waals surface area contributed by atoms with Crippen LogP contribution in [0, 0.1) is 11.3 Å². The smallest absolute Gasteiger partial charge is 0.300 e. The number of hydrogen-bond donors (Lipinski definition) is 0. The number of likely N-dealkylation sites (tertiary alicyclic amines) is 1. The van der Waals surface area contributed by atoms with Crippen molar-refractivity contribution in [1.29, 1.82) is 0 Å². The Hall–Kier alpha value is -0.320. The van der Waals surface area contributed by atoms with E-state index in [2.05, 4.69) is 0 Å². The van der Waals surface area contributed by atoms with Crippen LogP contribution in [0.25, 0.3) is 0 Å². The predicted molar refractivity (Wildman–Crippen MR) is 66.7 cm³/mol. The fourth-order valence-electron chi connectivity index (χ4n) is 3.42. The van der Waals surface area contributed by atoms with E-state index >= 15 is 0 Å². The van der Waals surface area contributed by atoms with E-state index in [0.717, 1.165) is 6.42 Å². The van der Waals surface area contributed by atoms with Crippen molar-refractivity contribution in [3.05, 3.63) is 0 Å². The van der Waals surface area contributed by atoms with Gasteiger partial charge in [0.05, 0.1) is 5.41 Å². The molecule has 0 unspecified atom stereocenters. The van der Waals surface area contributed by atoms with E-state index in [1.165, 1.54) is 0 Å². The van der Waals surface area contributed by atoms with Gasteiger partial charge < -0.3 is 4.90 Å². The van der Waals surface area contributed by atoms with Crippen molar-refractivity contribution in [2.45, 2.75) is 57.8 Å². The molecule has 112 valence electrons. The largest absolute Gasteiger partial charge is 0.394 e. The molecule has 1 aliphatic carbocycles. The molecule has 1 nitrogen and oxygen atoms in total. The third kappa shape index (κ3) is 2.76. The Morgan fingerprint density at radius 1 is 1.05 bits per heavy atom. The molecule has 0 aromatic rings. The molecule has 19 heavy (non-hydrogen) atoms. The molecule has 1 saturated heterocycles. The van der Waals surface area contributed by atoms with Gasteiger partial charge in [-0.3, -0.25) is 0 Å². The van der Waals surface area contributed by atoms with Crippen LogP contribution in [0.1, 0.15) is 46.0 Å². The summed E-state index contributed by atoms with van der Waals surface area (Å²) >= 11 is 0. The Balaban J connectivity index is 1.96. The average molecular weight is 281 g/mol. The molecule has 0 spiro atoms. The maximum atomic E-state index is 14.0. The van der Waals surface area contributed by atoms with Crippen LogP contribution in [0.3, 0.4) is 0 Å². The first kappa shape index (κ1) is 15.1. The quantitative estimate of drug-likeness (QED) is 0.701. The molecule has 0 N–H and O–H groups in total. The Labute approximate surface area is 112 Å². The predicted octanol–water partition coefficient (Wildman–Crippen LogP) is 4.18. The lowest BCUT2D eigenvalue weighted by Gasteiger charge is -2.47. The van der Waals surface area contributed by atoms with E-state index in [-0.39, 0.29) is 12.8 Å². The van der Waals surface area contributed by atoms with Crippen molar-refractivity contribution < 1.29 is 17.6 Å². The SMILES string of the molecule is CC(C)C1(C(F)(F)F)CCN(CC2(F)CCC2)CC1. The lowest BCUT2D eigenvalue weighted by atomic mass is 9.69. The number of alkyl halides is 4. The van der Waals surface area contributed by atoms with Crippen LogP contribution in [0.4, 0.5) is 17.6 Å². The molecule has 1 saturated carbocycles. The summed E-state index contributed by atoms with van der Waals surface area (Å²) < 4.78 is 53.9. The van der Waals surface area contributed by atoms with E-state index in [1.807, 2.05) is 4.90 Å². The minimum absolute atomic E-state index is 0.101. The molecule has 0 aromatic heterocycles. The number of nitrogens with zero attached hydrogens (tertiary/aromatic N) is 1. The van der Waals surface area contributed by atoms with E-state index in [9.17, 15) is 17.6 Å². The molecule has 1 heterocycles. The highest BCUT2D eigenvalue weighted by Crippen LogP contribution is 2.51. The first-order valence-electron chi connectivity index (χ1n) is 7.17.